The lowest BCUT2D eigenvalue weighted by molar-refractivity contribution is 0.562. The molecule has 7 nitrogen and oxygen atoms in total. The molecule has 0 saturated heterocycles. The third-order valence-corrected chi connectivity index (χ3v) is 1.53. The molecule has 92 valence electrons. The van der Waals surface area contributed by atoms with Crippen LogP contribution >= 0.6 is 12.4 Å². The fraction of sp³-hybridized carbons (Fsp3) is 0.625. The molecule has 0 fully saturated rings. The Hall–Kier alpha value is -1.59. The molecule has 0 radical (unpaired) electrons. The summed E-state index contributed by atoms with van der Waals surface area (Å²) >= 11 is 0. The van der Waals surface area contributed by atoms with Gasteiger partial charge in [0.05, 0.1) is 12.6 Å². The molecule has 0 heterocycles. The molecule has 0 aliphatic heterocycles. The van der Waals surface area contributed by atoms with E-state index in [1.54, 1.807) is 0 Å². The van der Waals surface area contributed by atoms with Crippen molar-refractivity contribution < 1.29 is 0 Å². The zero-order chi connectivity index (χ0) is 11.7. The number of rotatable bonds is 5. The normalized spacial score (nSPS) is 8.31. The van der Waals surface area contributed by atoms with Gasteiger partial charge < -0.3 is 11.5 Å². The van der Waals surface area contributed by atoms with Crippen LogP contribution in [0.15, 0.2) is 9.98 Å². The van der Waals surface area contributed by atoms with E-state index in [1.165, 1.54) is 4.90 Å². The molecule has 0 amide bonds. The molecule has 0 spiro atoms. The summed E-state index contributed by atoms with van der Waals surface area (Å²) in [6.45, 7) is 3.49. The van der Waals surface area contributed by atoms with Gasteiger partial charge in [-0.25, -0.2) is 9.98 Å². The number of aliphatic imine (C=N–C) groups is 2. The first-order valence-corrected chi connectivity index (χ1v) is 4.63. The van der Waals surface area contributed by atoms with Gasteiger partial charge in [-0.1, -0.05) is 0 Å². The second-order valence-electron chi connectivity index (χ2n) is 2.73. The maximum atomic E-state index is 7.15. The van der Waals surface area contributed by atoms with Crippen molar-refractivity contribution in [1.29, 1.82) is 10.8 Å². The molecule has 0 bridgehead atoms. The zero-order valence-corrected chi connectivity index (χ0v) is 10.0. The summed E-state index contributed by atoms with van der Waals surface area (Å²) in [6.07, 6.45) is 0.644. The summed E-state index contributed by atoms with van der Waals surface area (Å²) in [5.41, 5.74) is 10.4. The molecule has 0 rings (SSSR count). The highest BCUT2D eigenvalue weighted by atomic mass is 35.5. The molecule has 0 aliphatic rings. The molecular formula is C8H18ClN7. The zero-order valence-electron chi connectivity index (χ0n) is 9.23. The number of guanidine groups is 2. The first kappa shape index (κ1) is 16.8. The highest BCUT2D eigenvalue weighted by Crippen LogP contribution is 1.89. The van der Waals surface area contributed by atoms with Gasteiger partial charge in [0.25, 0.3) is 0 Å². The van der Waals surface area contributed by atoms with Gasteiger partial charge >= 0.3 is 0 Å². The predicted octanol–water partition coefficient (Wildman–Crippen LogP) is 0.0810. The van der Waals surface area contributed by atoms with Crippen LogP contribution in [0, 0.1) is 10.8 Å². The van der Waals surface area contributed by atoms with E-state index in [4.69, 9.17) is 22.3 Å². The lowest BCUT2D eigenvalue weighted by atomic mass is 10.4. The number of hydrogen-bond acceptors (Lipinski definition) is 4. The van der Waals surface area contributed by atoms with Crippen LogP contribution in [0.25, 0.3) is 0 Å². The van der Waals surface area contributed by atoms with Gasteiger partial charge in [0.2, 0.25) is 0 Å². The van der Waals surface area contributed by atoms with E-state index >= 15 is 0 Å². The van der Waals surface area contributed by atoms with Gasteiger partial charge in [-0.15, -0.1) is 12.4 Å². The lowest BCUT2D eigenvalue weighted by Crippen LogP contribution is -2.45. The van der Waals surface area contributed by atoms with Gasteiger partial charge in [0.1, 0.15) is 0 Å². The number of nitrogens with zero attached hydrogens (tertiary/aromatic N) is 3. The van der Waals surface area contributed by atoms with Crippen molar-refractivity contribution in [3.05, 3.63) is 0 Å². The van der Waals surface area contributed by atoms with Crippen molar-refractivity contribution >= 4 is 30.3 Å². The molecule has 6 N–H and O–H groups in total. The molecule has 0 aromatic rings. The number of halogens is 1. The number of nitrogens with one attached hydrogen (secondary N) is 2. The fourth-order valence-corrected chi connectivity index (χ4v) is 0.849. The Morgan fingerprint density at radius 3 is 2.25 bits per heavy atom. The third kappa shape index (κ3) is 7.78. The minimum atomic E-state index is -0.228. The summed E-state index contributed by atoms with van der Waals surface area (Å²) in [7, 11) is 0. The number of hydrogen-bond donors (Lipinski definition) is 4. The summed E-state index contributed by atoms with van der Waals surface area (Å²) < 4.78 is 0. The summed E-state index contributed by atoms with van der Waals surface area (Å²) in [4.78, 5) is 8.88. The molecule has 0 saturated carbocycles. The Morgan fingerprint density at radius 1 is 1.25 bits per heavy atom. The van der Waals surface area contributed by atoms with Crippen molar-refractivity contribution in [3.8, 4) is 0 Å². The molecule has 0 aliphatic carbocycles. The Bertz CT molecular complexity index is 268. The number of nitrogens with two attached hydrogens (primary N) is 2. The first-order chi connectivity index (χ1) is 7.09. The summed E-state index contributed by atoms with van der Waals surface area (Å²) in [5.74, 6) is -0.456. The molecule has 0 unspecified atom stereocenters. The average molecular weight is 248 g/mol. The largest absolute Gasteiger partial charge is 0.370 e. The van der Waals surface area contributed by atoms with E-state index in [0.29, 0.717) is 26.1 Å². The van der Waals surface area contributed by atoms with Gasteiger partial charge in [0.15, 0.2) is 11.9 Å². The van der Waals surface area contributed by atoms with E-state index in [0.717, 1.165) is 0 Å². The van der Waals surface area contributed by atoms with Crippen LogP contribution < -0.4 is 11.5 Å². The lowest BCUT2D eigenvalue weighted by Gasteiger charge is -2.19. The smallest absolute Gasteiger partial charge is 0.195 e. The van der Waals surface area contributed by atoms with Crippen molar-refractivity contribution in [2.45, 2.75) is 13.3 Å². The first-order valence-electron chi connectivity index (χ1n) is 4.63. The van der Waals surface area contributed by atoms with E-state index in [9.17, 15) is 0 Å². The second-order valence-corrected chi connectivity index (χ2v) is 2.73. The van der Waals surface area contributed by atoms with Gasteiger partial charge in [-0.05, 0) is 13.3 Å². The standard InChI is InChI=1S/C8H17N7.ClH/c1-2-13-6-14-4-3-5-15(7(9)10)8(11)12;/h2-5H2,1H3,(H3,9,10)(H3,11,12);1H. The minimum Gasteiger partial charge on any atom is -0.370 e. The SMILES string of the molecule is CCN=C=NCCCN(C(=N)N)C(=N)N.Cl. The van der Waals surface area contributed by atoms with Crippen LogP contribution in [0.5, 0.6) is 0 Å². The third-order valence-electron chi connectivity index (χ3n) is 1.53. The predicted molar refractivity (Wildman–Crippen MR) is 67.7 cm³/mol. The van der Waals surface area contributed by atoms with Crippen LogP contribution in [0.3, 0.4) is 0 Å². The van der Waals surface area contributed by atoms with Crippen molar-refractivity contribution in [3.63, 3.8) is 0 Å². The summed E-state index contributed by atoms with van der Waals surface area (Å²) in [5, 5.41) is 14.3. The summed E-state index contributed by atoms with van der Waals surface area (Å²) in [6, 6.07) is 2.53. The maximum Gasteiger partial charge on any atom is 0.195 e. The van der Waals surface area contributed by atoms with Crippen molar-refractivity contribution in [2.24, 2.45) is 21.5 Å². The highest BCUT2D eigenvalue weighted by molar-refractivity contribution is 5.94. The average Bonchev–Trinajstić information content (AvgIpc) is 2.15. The maximum absolute atomic E-state index is 7.15. The quantitative estimate of drug-likeness (QED) is 0.312. The van der Waals surface area contributed by atoms with Crippen LogP contribution in [-0.2, 0) is 0 Å². The van der Waals surface area contributed by atoms with Crippen LogP contribution in [0.2, 0.25) is 0 Å². The molecule has 0 aromatic carbocycles. The molecular weight excluding hydrogens is 230 g/mol. The molecule has 0 aromatic heterocycles. The van der Waals surface area contributed by atoms with Crippen LogP contribution in [-0.4, -0.2) is 42.5 Å². The monoisotopic (exact) mass is 247 g/mol. The van der Waals surface area contributed by atoms with Crippen LogP contribution in [0.4, 0.5) is 0 Å². The topological polar surface area (TPSA) is 128 Å². The molecule has 8 heteroatoms. The Labute approximate surface area is 101 Å². The van der Waals surface area contributed by atoms with Crippen molar-refractivity contribution in [2.75, 3.05) is 19.6 Å². The Balaban J connectivity index is 0. The van der Waals surface area contributed by atoms with E-state index in [1.807, 2.05) is 6.92 Å². The highest BCUT2D eigenvalue weighted by Gasteiger charge is 2.07. The van der Waals surface area contributed by atoms with Gasteiger partial charge in [-0.2, -0.15) is 0 Å². The Kier molecular flexibility index (Phi) is 10.5. The minimum absolute atomic E-state index is 0. The van der Waals surface area contributed by atoms with E-state index in [2.05, 4.69) is 16.0 Å². The Morgan fingerprint density at radius 2 is 1.81 bits per heavy atom. The van der Waals surface area contributed by atoms with Gasteiger partial charge in [-0.3, -0.25) is 15.7 Å². The second kappa shape index (κ2) is 9.95. The fourth-order valence-electron chi connectivity index (χ4n) is 0.849. The van der Waals surface area contributed by atoms with Crippen molar-refractivity contribution in [1.82, 2.24) is 4.90 Å². The van der Waals surface area contributed by atoms with Crippen LogP contribution in [0.1, 0.15) is 13.3 Å². The molecule has 0 atom stereocenters. The molecule has 16 heavy (non-hydrogen) atoms. The van der Waals surface area contributed by atoms with E-state index in [-0.39, 0.29) is 24.3 Å². The van der Waals surface area contributed by atoms with Gasteiger partial charge in [0, 0.05) is 13.1 Å². The van der Waals surface area contributed by atoms with E-state index < -0.39 is 0 Å².